The van der Waals surface area contributed by atoms with Crippen molar-refractivity contribution in [2.45, 2.75) is 6.54 Å². The number of benzene rings is 2. The predicted molar refractivity (Wildman–Crippen MR) is 87.2 cm³/mol. The standard InChI is InChI=1S/C18H15N3/c19-18-11-5-6-13(20-18)12-21-16-9-3-1-7-14(16)15-8-2-4-10-17(15)21/h1-11H,12H2,(H2,19,20). The van der Waals surface area contributed by atoms with E-state index in [0.29, 0.717) is 5.82 Å². The van der Waals surface area contributed by atoms with Crippen LogP contribution in [0.4, 0.5) is 5.82 Å². The average molecular weight is 273 g/mol. The first-order chi connectivity index (χ1) is 10.3. The van der Waals surface area contributed by atoms with Gasteiger partial charge in [0, 0.05) is 21.8 Å². The van der Waals surface area contributed by atoms with Crippen LogP contribution in [0.1, 0.15) is 5.69 Å². The summed E-state index contributed by atoms with van der Waals surface area (Å²) in [6, 6.07) is 22.7. The van der Waals surface area contributed by atoms with E-state index in [9.17, 15) is 0 Å². The van der Waals surface area contributed by atoms with Gasteiger partial charge in [0.15, 0.2) is 0 Å². The highest BCUT2D eigenvalue weighted by molar-refractivity contribution is 6.07. The molecule has 0 aliphatic carbocycles. The van der Waals surface area contributed by atoms with Crippen LogP contribution in [0.15, 0.2) is 66.7 Å². The molecule has 4 aromatic rings. The Hall–Kier alpha value is -2.81. The zero-order chi connectivity index (χ0) is 14.2. The Kier molecular flexibility index (Phi) is 2.64. The summed E-state index contributed by atoms with van der Waals surface area (Å²) in [6.07, 6.45) is 0. The maximum atomic E-state index is 5.79. The van der Waals surface area contributed by atoms with E-state index < -0.39 is 0 Å². The second-order valence-corrected chi connectivity index (χ2v) is 5.17. The number of hydrogen-bond acceptors (Lipinski definition) is 2. The van der Waals surface area contributed by atoms with Gasteiger partial charge in [0.1, 0.15) is 5.82 Å². The number of pyridine rings is 1. The van der Waals surface area contributed by atoms with E-state index in [1.54, 1.807) is 0 Å². The van der Waals surface area contributed by atoms with Gasteiger partial charge in [-0.25, -0.2) is 4.98 Å². The van der Waals surface area contributed by atoms with Gasteiger partial charge in [-0.1, -0.05) is 42.5 Å². The summed E-state index contributed by atoms with van der Waals surface area (Å²) < 4.78 is 2.30. The lowest BCUT2D eigenvalue weighted by Crippen LogP contribution is -2.03. The van der Waals surface area contributed by atoms with Gasteiger partial charge in [0.2, 0.25) is 0 Å². The second-order valence-electron chi connectivity index (χ2n) is 5.17. The molecular formula is C18H15N3. The molecule has 0 radical (unpaired) electrons. The number of hydrogen-bond donors (Lipinski definition) is 1. The molecule has 102 valence electrons. The summed E-state index contributed by atoms with van der Waals surface area (Å²) in [5, 5.41) is 2.55. The molecule has 0 aliphatic rings. The first-order valence-corrected chi connectivity index (χ1v) is 7.00. The van der Waals surface area contributed by atoms with E-state index in [4.69, 9.17) is 5.73 Å². The fraction of sp³-hybridized carbons (Fsp3) is 0.0556. The Bertz CT molecular complexity index is 884. The quantitative estimate of drug-likeness (QED) is 0.603. The van der Waals surface area contributed by atoms with Gasteiger partial charge in [-0.15, -0.1) is 0 Å². The van der Waals surface area contributed by atoms with Crippen LogP contribution in [0.5, 0.6) is 0 Å². The van der Waals surface area contributed by atoms with Crippen molar-refractivity contribution in [2.75, 3.05) is 5.73 Å². The highest BCUT2D eigenvalue weighted by Crippen LogP contribution is 2.29. The van der Waals surface area contributed by atoms with Gasteiger partial charge >= 0.3 is 0 Å². The number of nitrogens with zero attached hydrogens (tertiary/aromatic N) is 2. The van der Waals surface area contributed by atoms with Crippen LogP contribution >= 0.6 is 0 Å². The Morgan fingerprint density at radius 1 is 0.762 bits per heavy atom. The SMILES string of the molecule is Nc1cccc(Cn2c3ccccc3c3ccccc32)n1. The van der Waals surface area contributed by atoms with Gasteiger partial charge < -0.3 is 10.3 Å². The number of anilines is 1. The topological polar surface area (TPSA) is 43.8 Å². The zero-order valence-corrected chi connectivity index (χ0v) is 11.5. The molecule has 0 amide bonds. The molecule has 2 aromatic carbocycles. The van der Waals surface area contributed by atoms with Crippen molar-refractivity contribution >= 4 is 27.6 Å². The molecule has 2 heterocycles. The van der Waals surface area contributed by atoms with Gasteiger partial charge in [-0.2, -0.15) is 0 Å². The van der Waals surface area contributed by atoms with Gasteiger partial charge in [-0.3, -0.25) is 0 Å². The van der Waals surface area contributed by atoms with Crippen LogP contribution in [-0.2, 0) is 6.54 Å². The largest absolute Gasteiger partial charge is 0.384 e. The van der Waals surface area contributed by atoms with Crippen molar-refractivity contribution in [3.05, 3.63) is 72.4 Å². The van der Waals surface area contributed by atoms with Crippen LogP contribution in [0.3, 0.4) is 0 Å². The van der Waals surface area contributed by atoms with E-state index in [-0.39, 0.29) is 0 Å². The minimum atomic E-state index is 0.563. The van der Waals surface area contributed by atoms with Crippen LogP contribution < -0.4 is 5.73 Å². The maximum absolute atomic E-state index is 5.79. The molecule has 0 fully saturated rings. The molecule has 3 nitrogen and oxygen atoms in total. The van der Waals surface area contributed by atoms with E-state index >= 15 is 0 Å². The first kappa shape index (κ1) is 12.0. The zero-order valence-electron chi connectivity index (χ0n) is 11.5. The van der Waals surface area contributed by atoms with Crippen LogP contribution in [-0.4, -0.2) is 9.55 Å². The van der Waals surface area contributed by atoms with Crippen LogP contribution in [0.25, 0.3) is 21.8 Å². The highest BCUT2D eigenvalue weighted by atomic mass is 15.0. The third kappa shape index (κ3) is 1.94. The lowest BCUT2D eigenvalue weighted by molar-refractivity contribution is 0.837. The van der Waals surface area contributed by atoms with Crippen molar-refractivity contribution < 1.29 is 0 Å². The summed E-state index contributed by atoms with van der Waals surface area (Å²) in [5.74, 6) is 0.563. The molecule has 0 spiro atoms. The van der Waals surface area contributed by atoms with Crippen molar-refractivity contribution in [3.63, 3.8) is 0 Å². The van der Waals surface area contributed by atoms with Crippen molar-refractivity contribution in [3.8, 4) is 0 Å². The summed E-state index contributed by atoms with van der Waals surface area (Å²) in [6.45, 7) is 0.721. The summed E-state index contributed by atoms with van der Waals surface area (Å²) in [4.78, 5) is 4.42. The van der Waals surface area contributed by atoms with Crippen molar-refractivity contribution in [1.29, 1.82) is 0 Å². The van der Waals surface area contributed by atoms with Gasteiger partial charge in [0.25, 0.3) is 0 Å². The average Bonchev–Trinajstić information content (AvgIpc) is 2.83. The van der Waals surface area contributed by atoms with Crippen LogP contribution in [0, 0.1) is 0 Å². The lowest BCUT2D eigenvalue weighted by atomic mass is 10.2. The number of aromatic nitrogens is 2. The minimum Gasteiger partial charge on any atom is -0.384 e. The molecular weight excluding hydrogens is 258 g/mol. The van der Waals surface area contributed by atoms with Crippen molar-refractivity contribution in [1.82, 2.24) is 9.55 Å². The number of para-hydroxylation sites is 2. The second kappa shape index (κ2) is 4.63. The Balaban J connectivity index is 1.97. The Morgan fingerprint density at radius 3 is 2.00 bits per heavy atom. The third-order valence-corrected chi connectivity index (χ3v) is 3.83. The number of rotatable bonds is 2. The Labute approximate surface area is 122 Å². The molecule has 21 heavy (non-hydrogen) atoms. The molecule has 2 aromatic heterocycles. The molecule has 0 saturated heterocycles. The maximum Gasteiger partial charge on any atom is 0.123 e. The molecule has 2 N–H and O–H groups in total. The molecule has 3 heteroatoms. The van der Waals surface area contributed by atoms with E-state index in [1.165, 1.54) is 21.8 Å². The molecule has 0 atom stereocenters. The fourth-order valence-electron chi connectivity index (χ4n) is 2.92. The fourth-order valence-corrected chi connectivity index (χ4v) is 2.92. The number of nitrogen functional groups attached to an aromatic ring is 1. The summed E-state index contributed by atoms with van der Waals surface area (Å²) in [5.41, 5.74) is 9.22. The molecule has 0 saturated carbocycles. The minimum absolute atomic E-state index is 0.563. The monoisotopic (exact) mass is 273 g/mol. The van der Waals surface area contributed by atoms with Gasteiger partial charge in [-0.05, 0) is 24.3 Å². The molecule has 4 rings (SSSR count). The lowest BCUT2D eigenvalue weighted by Gasteiger charge is -2.07. The van der Waals surface area contributed by atoms with Gasteiger partial charge in [0.05, 0.1) is 12.2 Å². The van der Waals surface area contributed by atoms with E-state index in [1.807, 2.05) is 18.2 Å². The Morgan fingerprint density at radius 2 is 1.38 bits per heavy atom. The van der Waals surface area contributed by atoms with E-state index in [2.05, 4.69) is 58.1 Å². The van der Waals surface area contributed by atoms with Crippen LogP contribution in [0.2, 0.25) is 0 Å². The number of fused-ring (bicyclic) bond motifs is 3. The van der Waals surface area contributed by atoms with Crippen molar-refractivity contribution in [2.24, 2.45) is 0 Å². The molecule has 0 unspecified atom stereocenters. The molecule has 0 bridgehead atoms. The summed E-state index contributed by atoms with van der Waals surface area (Å²) >= 11 is 0. The first-order valence-electron chi connectivity index (χ1n) is 7.00. The van der Waals surface area contributed by atoms with E-state index in [0.717, 1.165) is 12.2 Å². The number of nitrogens with two attached hydrogens (primary N) is 1. The highest BCUT2D eigenvalue weighted by Gasteiger charge is 2.10. The summed E-state index contributed by atoms with van der Waals surface area (Å²) in [7, 11) is 0. The predicted octanol–water partition coefficient (Wildman–Crippen LogP) is 3.82. The smallest absolute Gasteiger partial charge is 0.123 e. The molecule has 0 aliphatic heterocycles. The third-order valence-electron chi connectivity index (χ3n) is 3.83. The normalized spacial score (nSPS) is 11.2.